The van der Waals surface area contributed by atoms with E-state index in [1.54, 1.807) is 6.20 Å². The zero-order valence-corrected chi connectivity index (χ0v) is 9.27. The van der Waals surface area contributed by atoms with Gasteiger partial charge in [0.2, 0.25) is 5.95 Å². The van der Waals surface area contributed by atoms with E-state index in [1.807, 2.05) is 18.2 Å². The van der Waals surface area contributed by atoms with Gasteiger partial charge < -0.3 is 9.88 Å². The lowest BCUT2D eigenvalue weighted by atomic mass is 10.2. The summed E-state index contributed by atoms with van der Waals surface area (Å²) in [4.78, 5) is 8.96. The maximum Gasteiger partial charge on any atom is 0.203 e. The van der Waals surface area contributed by atoms with Crippen molar-refractivity contribution in [2.75, 3.05) is 11.9 Å². The van der Waals surface area contributed by atoms with Gasteiger partial charge in [0.25, 0.3) is 0 Å². The molecule has 0 amide bonds. The molecule has 16 heavy (non-hydrogen) atoms. The zero-order chi connectivity index (χ0) is 11.0. The molecule has 3 rings (SSSR count). The fraction of sp³-hybridized carbons (Fsp3) is 0.333. The van der Waals surface area contributed by atoms with E-state index in [0.717, 1.165) is 36.8 Å². The maximum atomic E-state index is 4.61. The Morgan fingerprint density at radius 1 is 1.38 bits per heavy atom. The number of aromatic nitrogens is 3. The number of hydrogen-bond acceptors (Lipinski definition) is 3. The number of pyridine rings is 1. The van der Waals surface area contributed by atoms with Crippen molar-refractivity contribution >= 4 is 5.95 Å². The van der Waals surface area contributed by atoms with E-state index in [0.29, 0.717) is 0 Å². The smallest absolute Gasteiger partial charge is 0.203 e. The number of nitrogens with one attached hydrogen (secondary N) is 1. The number of rotatable bonds is 1. The van der Waals surface area contributed by atoms with Crippen LogP contribution >= 0.6 is 0 Å². The summed E-state index contributed by atoms with van der Waals surface area (Å²) in [6.07, 6.45) is 2.96. The van der Waals surface area contributed by atoms with Gasteiger partial charge in [-0.25, -0.2) is 4.98 Å². The van der Waals surface area contributed by atoms with Crippen molar-refractivity contribution in [1.82, 2.24) is 14.5 Å². The van der Waals surface area contributed by atoms with E-state index in [4.69, 9.17) is 0 Å². The van der Waals surface area contributed by atoms with Crippen molar-refractivity contribution in [2.24, 2.45) is 0 Å². The molecule has 0 atom stereocenters. The molecule has 4 heteroatoms. The molecular weight excluding hydrogens is 200 g/mol. The highest BCUT2D eigenvalue weighted by molar-refractivity contribution is 5.60. The highest BCUT2D eigenvalue weighted by atomic mass is 15.2. The molecule has 0 fully saturated rings. The molecule has 3 heterocycles. The SMILES string of the molecule is Cc1c(-c2ccccn2)nc2n1CCCN2. The van der Waals surface area contributed by atoms with Crippen LogP contribution in [-0.2, 0) is 6.54 Å². The van der Waals surface area contributed by atoms with Crippen LogP contribution in [0.2, 0.25) is 0 Å². The van der Waals surface area contributed by atoms with E-state index in [2.05, 4.69) is 26.8 Å². The molecule has 0 saturated heterocycles. The minimum Gasteiger partial charge on any atom is -0.356 e. The van der Waals surface area contributed by atoms with Gasteiger partial charge in [0.1, 0.15) is 5.69 Å². The molecule has 2 aromatic rings. The molecule has 4 nitrogen and oxygen atoms in total. The lowest BCUT2D eigenvalue weighted by molar-refractivity contribution is 0.615. The van der Waals surface area contributed by atoms with Crippen LogP contribution in [0.5, 0.6) is 0 Å². The zero-order valence-electron chi connectivity index (χ0n) is 9.27. The second-order valence-corrected chi connectivity index (χ2v) is 4.02. The van der Waals surface area contributed by atoms with Crippen LogP contribution < -0.4 is 5.32 Å². The van der Waals surface area contributed by atoms with Gasteiger partial charge in [-0.1, -0.05) is 6.07 Å². The topological polar surface area (TPSA) is 42.7 Å². The summed E-state index contributed by atoms with van der Waals surface area (Å²) in [5, 5.41) is 3.32. The monoisotopic (exact) mass is 214 g/mol. The van der Waals surface area contributed by atoms with Crippen LogP contribution in [-0.4, -0.2) is 21.1 Å². The first kappa shape index (κ1) is 9.39. The predicted molar refractivity (Wildman–Crippen MR) is 63.3 cm³/mol. The maximum absolute atomic E-state index is 4.61. The highest BCUT2D eigenvalue weighted by Gasteiger charge is 2.17. The van der Waals surface area contributed by atoms with Gasteiger partial charge >= 0.3 is 0 Å². The van der Waals surface area contributed by atoms with Crippen molar-refractivity contribution in [3.63, 3.8) is 0 Å². The average molecular weight is 214 g/mol. The van der Waals surface area contributed by atoms with Gasteiger partial charge in [-0.3, -0.25) is 4.98 Å². The van der Waals surface area contributed by atoms with Crippen LogP contribution in [0.4, 0.5) is 5.95 Å². The summed E-state index contributed by atoms with van der Waals surface area (Å²) in [5.41, 5.74) is 3.13. The first-order chi connectivity index (χ1) is 7.86. The number of fused-ring (bicyclic) bond motifs is 1. The Kier molecular flexibility index (Phi) is 2.13. The summed E-state index contributed by atoms with van der Waals surface area (Å²) < 4.78 is 2.23. The summed E-state index contributed by atoms with van der Waals surface area (Å²) in [6, 6.07) is 5.92. The van der Waals surface area contributed by atoms with Gasteiger partial charge in [-0.05, 0) is 25.5 Å². The lowest BCUT2D eigenvalue weighted by Crippen LogP contribution is -2.17. The van der Waals surface area contributed by atoms with E-state index < -0.39 is 0 Å². The number of nitrogens with zero attached hydrogens (tertiary/aromatic N) is 3. The summed E-state index contributed by atoms with van der Waals surface area (Å²) >= 11 is 0. The van der Waals surface area contributed by atoms with Crippen molar-refractivity contribution in [3.8, 4) is 11.4 Å². The minimum atomic E-state index is 0.948. The Balaban J connectivity index is 2.12. The van der Waals surface area contributed by atoms with Gasteiger partial charge in [-0.2, -0.15) is 0 Å². The Bertz CT molecular complexity index is 501. The van der Waals surface area contributed by atoms with Crippen LogP contribution in [0, 0.1) is 6.92 Å². The molecule has 0 spiro atoms. The minimum absolute atomic E-state index is 0.948. The summed E-state index contributed by atoms with van der Waals surface area (Å²) in [7, 11) is 0. The molecule has 0 radical (unpaired) electrons. The number of hydrogen-bond donors (Lipinski definition) is 1. The Labute approximate surface area is 94.4 Å². The highest BCUT2D eigenvalue weighted by Crippen LogP contribution is 2.26. The molecule has 0 aliphatic carbocycles. The van der Waals surface area contributed by atoms with Crippen molar-refractivity contribution in [1.29, 1.82) is 0 Å². The summed E-state index contributed by atoms with van der Waals surface area (Å²) in [6.45, 7) is 4.17. The summed E-state index contributed by atoms with van der Waals surface area (Å²) in [5.74, 6) is 0.976. The van der Waals surface area contributed by atoms with Gasteiger partial charge in [0, 0.05) is 25.0 Å². The normalized spacial score (nSPS) is 14.3. The molecule has 1 aliphatic heterocycles. The molecule has 82 valence electrons. The second kappa shape index (κ2) is 3.63. The Hall–Kier alpha value is -1.84. The molecule has 2 aromatic heterocycles. The van der Waals surface area contributed by atoms with Crippen LogP contribution in [0.3, 0.4) is 0 Å². The second-order valence-electron chi connectivity index (χ2n) is 4.02. The van der Waals surface area contributed by atoms with Crippen LogP contribution in [0.15, 0.2) is 24.4 Å². The van der Waals surface area contributed by atoms with Gasteiger partial charge in [0.05, 0.1) is 5.69 Å². The average Bonchev–Trinajstić information content (AvgIpc) is 2.69. The van der Waals surface area contributed by atoms with E-state index >= 15 is 0 Å². The van der Waals surface area contributed by atoms with E-state index in [9.17, 15) is 0 Å². The van der Waals surface area contributed by atoms with Gasteiger partial charge in [-0.15, -0.1) is 0 Å². The third kappa shape index (κ3) is 1.38. The largest absolute Gasteiger partial charge is 0.356 e. The van der Waals surface area contributed by atoms with E-state index in [1.165, 1.54) is 5.69 Å². The van der Waals surface area contributed by atoms with Crippen LogP contribution in [0.1, 0.15) is 12.1 Å². The number of imidazole rings is 1. The van der Waals surface area contributed by atoms with Crippen molar-refractivity contribution in [2.45, 2.75) is 19.9 Å². The molecular formula is C12H14N4. The first-order valence-corrected chi connectivity index (χ1v) is 5.58. The molecule has 0 aromatic carbocycles. The third-order valence-electron chi connectivity index (χ3n) is 2.97. The fourth-order valence-electron chi connectivity index (χ4n) is 2.13. The molecule has 0 bridgehead atoms. The predicted octanol–water partition coefficient (Wildman–Crippen LogP) is 2.07. The quantitative estimate of drug-likeness (QED) is 0.790. The molecule has 0 unspecified atom stereocenters. The Morgan fingerprint density at radius 2 is 2.31 bits per heavy atom. The Morgan fingerprint density at radius 3 is 3.06 bits per heavy atom. The first-order valence-electron chi connectivity index (χ1n) is 5.58. The van der Waals surface area contributed by atoms with Crippen LogP contribution in [0.25, 0.3) is 11.4 Å². The lowest BCUT2D eigenvalue weighted by Gasteiger charge is -2.16. The molecule has 0 saturated carbocycles. The molecule has 1 aliphatic rings. The number of anilines is 1. The van der Waals surface area contributed by atoms with E-state index in [-0.39, 0.29) is 0 Å². The van der Waals surface area contributed by atoms with Gasteiger partial charge in [0.15, 0.2) is 0 Å². The van der Waals surface area contributed by atoms with Crippen molar-refractivity contribution in [3.05, 3.63) is 30.1 Å². The fourth-order valence-corrected chi connectivity index (χ4v) is 2.13. The molecule has 1 N–H and O–H groups in total. The van der Waals surface area contributed by atoms with Crippen molar-refractivity contribution < 1.29 is 0 Å². The standard InChI is InChI=1S/C12H14N4/c1-9-11(10-5-2-3-6-13-10)15-12-14-7-4-8-16(9)12/h2-3,5-6H,4,7-8H2,1H3,(H,14,15). The third-order valence-corrected chi connectivity index (χ3v) is 2.97.